The molecule has 32 heavy (non-hydrogen) atoms. The number of thioether (sulfide) groups is 1. The standard InChI is InChI=1S/C24H17ClN2O3S2/c25-19-11-9-18(10-12-19)22(28)26-27-23(29)21(32-24(27)31)14-17-7-4-8-20(13-17)30-15-16-5-2-1-3-6-16/h1-14H,15H2,(H,26,28)/b21-14+. The third kappa shape index (κ3) is 5.37. The highest BCUT2D eigenvalue weighted by molar-refractivity contribution is 8.26. The van der Waals surface area contributed by atoms with Crippen LogP contribution in [-0.2, 0) is 11.4 Å². The van der Waals surface area contributed by atoms with E-state index in [1.807, 2.05) is 54.6 Å². The predicted octanol–water partition coefficient (Wildman–Crippen LogP) is 5.47. The number of carbonyl (C=O) groups is 2. The summed E-state index contributed by atoms with van der Waals surface area (Å²) < 4.78 is 6.10. The van der Waals surface area contributed by atoms with Gasteiger partial charge in [-0.25, -0.2) is 0 Å². The molecule has 0 unspecified atom stereocenters. The lowest BCUT2D eigenvalue weighted by molar-refractivity contribution is -0.123. The maximum atomic E-state index is 12.8. The summed E-state index contributed by atoms with van der Waals surface area (Å²) in [5.74, 6) is -0.150. The first-order chi connectivity index (χ1) is 15.5. The number of carbonyl (C=O) groups excluding carboxylic acids is 2. The fraction of sp³-hybridized carbons (Fsp3) is 0.0417. The normalized spacial score (nSPS) is 14.7. The Balaban J connectivity index is 1.44. The number of halogens is 1. The fourth-order valence-electron chi connectivity index (χ4n) is 2.92. The van der Waals surface area contributed by atoms with Crippen LogP contribution in [0.5, 0.6) is 5.75 Å². The molecule has 0 saturated carbocycles. The molecule has 2 amide bonds. The minimum atomic E-state index is -0.449. The molecule has 1 saturated heterocycles. The quantitative estimate of drug-likeness (QED) is 0.374. The maximum Gasteiger partial charge on any atom is 0.285 e. The molecule has 0 bridgehead atoms. The van der Waals surface area contributed by atoms with Gasteiger partial charge in [0.1, 0.15) is 12.4 Å². The Morgan fingerprint density at radius 2 is 1.81 bits per heavy atom. The van der Waals surface area contributed by atoms with Crippen molar-refractivity contribution in [1.82, 2.24) is 10.4 Å². The molecule has 3 aromatic rings. The van der Waals surface area contributed by atoms with E-state index in [9.17, 15) is 9.59 Å². The van der Waals surface area contributed by atoms with Gasteiger partial charge in [0.25, 0.3) is 11.8 Å². The highest BCUT2D eigenvalue weighted by Gasteiger charge is 2.33. The zero-order valence-electron chi connectivity index (χ0n) is 16.7. The zero-order valence-corrected chi connectivity index (χ0v) is 19.0. The van der Waals surface area contributed by atoms with Gasteiger partial charge in [0.2, 0.25) is 0 Å². The number of nitrogens with zero attached hydrogens (tertiary/aromatic N) is 1. The van der Waals surface area contributed by atoms with Crippen molar-refractivity contribution in [3.63, 3.8) is 0 Å². The van der Waals surface area contributed by atoms with Crippen LogP contribution in [0.15, 0.2) is 83.8 Å². The maximum absolute atomic E-state index is 12.8. The van der Waals surface area contributed by atoms with Crippen LogP contribution >= 0.6 is 35.6 Å². The van der Waals surface area contributed by atoms with Gasteiger partial charge in [-0.1, -0.05) is 65.8 Å². The SMILES string of the molecule is O=C(NN1C(=O)/C(=C\c2cccc(OCc3ccccc3)c2)SC1=S)c1ccc(Cl)cc1. The summed E-state index contributed by atoms with van der Waals surface area (Å²) in [5.41, 5.74) is 4.78. The van der Waals surface area contributed by atoms with E-state index in [-0.39, 0.29) is 4.32 Å². The largest absolute Gasteiger partial charge is 0.489 e. The van der Waals surface area contributed by atoms with Gasteiger partial charge in [-0.2, -0.15) is 5.01 Å². The van der Waals surface area contributed by atoms with Gasteiger partial charge in [0.15, 0.2) is 4.32 Å². The van der Waals surface area contributed by atoms with E-state index >= 15 is 0 Å². The van der Waals surface area contributed by atoms with Crippen LogP contribution in [0.3, 0.4) is 0 Å². The minimum absolute atomic E-state index is 0.250. The Kier molecular flexibility index (Phi) is 6.90. The summed E-state index contributed by atoms with van der Waals surface area (Å²) in [5, 5.41) is 1.60. The zero-order chi connectivity index (χ0) is 22.5. The van der Waals surface area contributed by atoms with Gasteiger partial charge < -0.3 is 4.74 Å². The summed E-state index contributed by atoms with van der Waals surface area (Å²) in [6, 6.07) is 23.7. The van der Waals surface area contributed by atoms with Gasteiger partial charge in [0.05, 0.1) is 4.91 Å². The molecule has 1 N–H and O–H groups in total. The smallest absolute Gasteiger partial charge is 0.285 e. The van der Waals surface area contributed by atoms with Gasteiger partial charge in [-0.15, -0.1) is 0 Å². The Hall–Kier alpha value is -3.13. The first-order valence-electron chi connectivity index (χ1n) is 9.61. The van der Waals surface area contributed by atoms with Crippen molar-refractivity contribution < 1.29 is 14.3 Å². The second kappa shape index (κ2) is 9.99. The molecule has 1 heterocycles. The Bertz CT molecular complexity index is 1200. The van der Waals surface area contributed by atoms with Gasteiger partial charge >= 0.3 is 0 Å². The fourth-order valence-corrected chi connectivity index (χ4v) is 4.22. The molecule has 3 aromatic carbocycles. The summed E-state index contributed by atoms with van der Waals surface area (Å²) >= 11 is 12.3. The Labute approximate surface area is 200 Å². The van der Waals surface area contributed by atoms with Crippen LogP contribution in [0, 0.1) is 0 Å². The molecule has 1 fully saturated rings. The molecule has 1 aliphatic rings. The first kappa shape index (κ1) is 22.1. The predicted molar refractivity (Wildman–Crippen MR) is 131 cm³/mol. The van der Waals surface area contributed by atoms with Gasteiger partial charge in [-0.3, -0.25) is 15.0 Å². The highest BCUT2D eigenvalue weighted by Crippen LogP contribution is 2.32. The van der Waals surface area contributed by atoms with Crippen LogP contribution in [0.2, 0.25) is 5.02 Å². The number of nitrogens with one attached hydrogen (secondary N) is 1. The van der Waals surface area contributed by atoms with Gasteiger partial charge in [-0.05, 0) is 65.8 Å². The molecule has 5 nitrogen and oxygen atoms in total. The van der Waals surface area contributed by atoms with Crippen molar-refractivity contribution >= 4 is 57.8 Å². The van der Waals surface area contributed by atoms with Crippen molar-refractivity contribution in [2.75, 3.05) is 0 Å². The number of ether oxygens (including phenoxy) is 1. The molecule has 0 aliphatic carbocycles. The lowest BCUT2D eigenvalue weighted by Crippen LogP contribution is -2.44. The summed E-state index contributed by atoms with van der Waals surface area (Å²) in [6.07, 6.45) is 1.73. The average molecular weight is 481 g/mol. The number of hydrogen-bond acceptors (Lipinski definition) is 5. The van der Waals surface area contributed by atoms with Crippen LogP contribution in [0.1, 0.15) is 21.5 Å². The minimum Gasteiger partial charge on any atom is -0.489 e. The summed E-state index contributed by atoms with van der Waals surface area (Å²) in [4.78, 5) is 25.7. The monoisotopic (exact) mass is 480 g/mol. The third-order valence-electron chi connectivity index (χ3n) is 4.52. The molecule has 0 spiro atoms. The van der Waals surface area contributed by atoms with E-state index in [1.54, 1.807) is 30.3 Å². The number of hydrogen-bond donors (Lipinski definition) is 1. The number of hydrazine groups is 1. The molecule has 1 aliphatic heterocycles. The lowest BCUT2D eigenvalue weighted by atomic mass is 10.2. The van der Waals surface area contributed by atoms with Crippen molar-refractivity contribution in [2.24, 2.45) is 0 Å². The van der Waals surface area contributed by atoms with Crippen LogP contribution in [0.4, 0.5) is 0 Å². The van der Waals surface area contributed by atoms with E-state index in [2.05, 4.69) is 5.43 Å². The molecule has 160 valence electrons. The average Bonchev–Trinajstić information content (AvgIpc) is 3.06. The molecule has 0 radical (unpaired) electrons. The van der Waals surface area contributed by atoms with Crippen LogP contribution in [0.25, 0.3) is 6.08 Å². The number of benzene rings is 3. The molecule has 4 rings (SSSR count). The molecule has 0 aromatic heterocycles. The summed E-state index contributed by atoms with van der Waals surface area (Å²) in [6.45, 7) is 0.448. The van der Waals surface area contributed by atoms with Gasteiger partial charge in [0, 0.05) is 10.6 Å². The number of thiocarbonyl (C=S) groups is 1. The van der Waals surface area contributed by atoms with E-state index in [0.29, 0.717) is 27.8 Å². The second-order valence-corrected chi connectivity index (χ2v) is 8.92. The van der Waals surface area contributed by atoms with Crippen molar-refractivity contribution in [1.29, 1.82) is 0 Å². The van der Waals surface area contributed by atoms with Crippen molar-refractivity contribution in [3.05, 3.63) is 105 Å². The number of amides is 2. The second-order valence-electron chi connectivity index (χ2n) is 6.81. The third-order valence-corrected chi connectivity index (χ3v) is 6.07. The molecule has 0 atom stereocenters. The number of rotatable bonds is 6. The van der Waals surface area contributed by atoms with Crippen molar-refractivity contribution in [3.8, 4) is 5.75 Å². The molecular weight excluding hydrogens is 464 g/mol. The molecular formula is C24H17ClN2O3S2. The van der Waals surface area contributed by atoms with Crippen LogP contribution < -0.4 is 10.2 Å². The highest BCUT2D eigenvalue weighted by atomic mass is 35.5. The Morgan fingerprint density at radius 1 is 1.06 bits per heavy atom. The lowest BCUT2D eigenvalue weighted by Gasteiger charge is -2.15. The van der Waals surface area contributed by atoms with Crippen molar-refractivity contribution in [2.45, 2.75) is 6.61 Å². The van der Waals surface area contributed by atoms with E-state index < -0.39 is 11.8 Å². The Morgan fingerprint density at radius 3 is 2.56 bits per heavy atom. The first-order valence-corrected chi connectivity index (χ1v) is 11.2. The van der Waals surface area contributed by atoms with Crippen LogP contribution in [-0.4, -0.2) is 21.1 Å². The topological polar surface area (TPSA) is 58.6 Å². The summed E-state index contributed by atoms with van der Waals surface area (Å²) in [7, 11) is 0. The van der Waals surface area contributed by atoms with E-state index in [0.717, 1.165) is 27.9 Å². The molecule has 8 heteroatoms. The van der Waals surface area contributed by atoms with E-state index in [1.165, 1.54) is 0 Å². The van der Waals surface area contributed by atoms with E-state index in [4.69, 9.17) is 28.6 Å².